The van der Waals surface area contributed by atoms with Gasteiger partial charge >= 0.3 is 6.84 Å². The maximum atomic E-state index is 6.83. The van der Waals surface area contributed by atoms with E-state index in [1.807, 2.05) is 5.49 Å². The predicted octanol–water partition coefficient (Wildman–Crippen LogP) is 5.75. The average molecular weight is 454 g/mol. The van der Waals surface area contributed by atoms with Crippen LogP contribution in [0.25, 0.3) is 0 Å². The smallest absolute Gasteiger partial charge is 0.365 e. The second kappa shape index (κ2) is 8.94. The maximum absolute atomic E-state index is 6.83. The van der Waals surface area contributed by atoms with E-state index in [-0.39, 0.29) is 6.84 Å². The molecule has 0 amide bonds. The topological polar surface area (TPSA) is 21.7 Å². The Morgan fingerprint density at radius 2 is 1.29 bits per heavy atom. The standard InChI is InChI=1S/C25H34BNO2PS/c1-24(2)25(3,4)29-26(28-24)30(22-16-10-6-11-17-22,23-18-12-7-13-19-23)27(20-31)21-14-8-5-9-15-21/h6-7,10-13,16-21H,5,8-9,14-15H2,1-4H3/q+1. The zero-order valence-electron chi connectivity index (χ0n) is 19.2. The van der Waals surface area contributed by atoms with Crippen LogP contribution in [-0.2, 0) is 9.31 Å². The normalized spacial score (nSPS) is 21.1. The molecule has 6 heteroatoms. The highest BCUT2D eigenvalue weighted by atomic mass is 32.1. The first kappa shape index (κ1) is 22.9. The van der Waals surface area contributed by atoms with Gasteiger partial charge in [0.2, 0.25) is 0 Å². The summed E-state index contributed by atoms with van der Waals surface area (Å²) < 4.78 is 16.2. The Morgan fingerprint density at radius 3 is 1.71 bits per heavy atom. The third kappa shape index (κ3) is 3.99. The molecule has 3 nitrogen and oxygen atoms in total. The summed E-state index contributed by atoms with van der Waals surface area (Å²) in [5.74, 6) is 0. The molecule has 31 heavy (non-hydrogen) atoms. The molecule has 2 aliphatic rings. The van der Waals surface area contributed by atoms with Crippen LogP contribution in [0.3, 0.4) is 0 Å². The summed E-state index contributed by atoms with van der Waals surface area (Å²) in [7, 11) is -2.36. The molecule has 0 N–H and O–H groups in total. The third-order valence-corrected chi connectivity index (χ3v) is 11.8. The van der Waals surface area contributed by atoms with E-state index in [4.69, 9.17) is 21.5 Å². The zero-order valence-corrected chi connectivity index (χ0v) is 20.9. The molecule has 0 atom stereocenters. The summed E-state index contributed by atoms with van der Waals surface area (Å²) in [6, 6.07) is 22.0. The van der Waals surface area contributed by atoms with E-state index < -0.39 is 18.5 Å². The lowest BCUT2D eigenvalue weighted by atomic mass is 9.90. The molecule has 1 aliphatic heterocycles. The Kier molecular flexibility index (Phi) is 6.61. The van der Waals surface area contributed by atoms with Crippen molar-refractivity contribution in [3.05, 3.63) is 60.7 Å². The Bertz CT molecular complexity index is 831. The van der Waals surface area contributed by atoms with Gasteiger partial charge < -0.3 is 9.31 Å². The number of rotatable bonds is 6. The number of benzene rings is 2. The maximum Gasteiger partial charge on any atom is 0.705 e. The van der Waals surface area contributed by atoms with E-state index in [1.54, 1.807) is 0 Å². The minimum Gasteiger partial charge on any atom is -0.365 e. The number of hydrogen-bond donors (Lipinski definition) is 0. The lowest BCUT2D eigenvalue weighted by Gasteiger charge is -2.41. The van der Waals surface area contributed by atoms with Gasteiger partial charge in [-0.2, -0.15) is 0 Å². The Hall–Kier alpha value is -1.26. The fourth-order valence-corrected chi connectivity index (χ4v) is 9.94. The largest absolute Gasteiger partial charge is 0.705 e. The van der Waals surface area contributed by atoms with Crippen molar-refractivity contribution >= 4 is 42.4 Å². The van der Waals surface area contributed by atoms with Crippen LogP contribution in [0.2, 0.25) is 0 Å². The number of hydrogen-bond acceptors (Lipinski definition) is 3. The fourth-order valence-electron chi connectivity index (χ4n) is 4.81. The van der Waals surface area contributed by atoms with Crippen molar-refractivity contribution in [1.29, 1.82) is 0 Å². The second-order valence-corrected chi connectivity index (χ2v) is 13.2. The predicted molar refractivity (Wildman–Crippen MR) is 138 cm³/mol. The first-order valence-electron chi connectivity index (χ1n) is 11.4. The summed E-state index contributed by atoms with van der Waals surface area (Å²) in [5.41, 5.74) is 1.09. The molecule has 1 saturated heterocycles. The van der Waals surface area contributed by atoms with Gasteiger partial charge in [-0.25, -0.2) is 4.67 Å². The van der Waals surface area contributed by atoms with Crippen molar-refractivity contribution in [2.75, 3.05) is 0 Å². The first-order chi connectivity index (χ1) is 14.8. The molecular formula is C25H34BNO2PS+. The van der Waals surface area contributed by atoms with Crippen molar-refractivity contribution in [2.45, 2.75) is 77.0 Å². The average Bonchev–Trinajstić information content (AvgIpc) is 3.00. The third-order valence-electron chi connectivity index (χ3n) is 7.27. The van der Waals surface area contributed by atoms with Crippen LogP contribution < -0.4 is 10.6 Å². The van der Waals surface area contributed by atoms with Crippen LogP contribution in [0.5, 0.6) is 0 Å². The van der Waals surface area contributed by atoms with E-state index >= 15 is 0 Å². The van der Waals surface area contributed by atoms with Crippen LogP contribution in [0.4, 0.5) is 0 Å². The molecule has 4 rings (SSSR count). The van der Waals surface area contributed by atoms with Crippen molar-refractivity contribution in [1.82, 2.24) is 4.67 Å². The lowest BCUT2D eigenvalue weighted by Crippen LogP contribution is -2.50. The summed E-state index contributed by atoms with van der Waals surface area (Å²) in [6.07, 6.45) is 6.12. The van der Waals surface area contributed by atoms with Gasteiger partial charge in [0.15, 0.2) is 7.29 Å². The van der Waals surface area contributed by atoms with Crippen molar-refractivity contribution in [3.63, 3.8) is 0 Å². The van der Waals surface area contributed by atoms with E-state index in [0.29, 0.717) is 6.04 Å². The minimum atomic E-state index is -2.36. The van der Waals surface area contributed by atoms with E-state index in [0.717, 1.165) is 12.8 Å². The van der Waals surface area contributed by atoms with Crippen LogP contribution >= 0.6 is 19.5 Å². The Labute approximate surface area is 194 Å². The van der Waals surface area contributed by atoms with E-state index in [1.165, 1.54) is 29.9 Å². The highest BCUT2D eigenvalue weighted by Gasteiger charge is 2.72. The molecule has 0 radical (unpaired) electrons. The molecule has 0 unspecified atom stereocenters. The highest BCUT2D eigenvalue weighted by molar-refractivity contribution is 8.11. The van der Waals surface area contributed by atoms with Crippen molar-refractivity contribution in [2.24, 2.45) is 0 Å². The molecule has 1 heterocycles. The number of thiocarbonyl (C=S) groups is 1. The molecule has 1 aliphatic carbocycles. The monoisotopic (exact) mass is 454 g/mol. The van der Waals surface area contributed by atoms with Gasteiger partial charge in [-0.1, -0.05) is 67.9 Å². The number of nitrogens with zero attached hydrogens (tertiary/aromatic N) is 1. The van der Waals surface area contributed by atoms with Gasteiger partial charge in [-0.3, -0.25) is 0 Å². The first-order valence-corrected chi connectivity index (χ1v) is 13.7. The van der Waals surface area contributed by atoms with Crippen molar-refractivity contribution in [3.8, 4) is 0 Å². The van der Waals surface area contributed by atoms with E-state index in [2.05, 4.69) is 93.0 Å². The molecule has 2 fully saturated rings. The zero-order chi connectivity index (χ0) is 22.1. The molecule has 164 valence electrons. The van der Waals surface area contributed by atoms with E-state index in [9.17, 15) is 0 Å². The van der Waals surface area contributed by atoms with Gasteiger partial charge in [-0.15, -0.1) is 0 Å². The summed E-state index contributed by atoms with van der Waals surface area (Å²) in [5, 5.41) is 2.51. The SMILES string of the molecule is CC1(C)OB([P+](c2ccccc2)(c2ccccc2)N(C=S)C2CCCCC2)OC1(C)C. The molecule has 0 spiro atoms. The minimum absolute atomic E-state index is 0.386. The summed E-state index contributed by atoms with van der Waals surface area (Å²) >= 11 is 5.77. The van der Waals surface area contributed by atoms with Crippen LogP contribution in [0, 0.1) is 0 Å². The van der Waals surface area contributed by atoms with Gasteiger partial charge in [0.1, 0.15) is 10.6 Å². The fraction of sp³-hybridized carbons (Fsp3) is 0.480. The van der Waals surface area contributed by atoms with Crippen LogP contribution in [0.15, 0.2) is 60.7 Å². The summed E-state index contributed by atoms with van der Waals surface area (Å²) in [6.45, 7) is 8.17. The van der Waals surface area contributed by atoms with Crippen molar-refractivity contribution < 1.29 is 9.31 Å². The lowest BCUT2D eigenvalue weighted by molar-refractivity contribution is 0.00578. The quantitative estimate of drug-likeness (QED) is 0.315. The van der Waals surface area contributed by atoms with Crippen LogP contribution in [-0.4, -0.2) is 34.2 Å². The molecule has 0 bridgehead atoms. The molecule has 1 saturated carbocycles. The van der Waals surface area contributed by atoms with Crippen LogP contribution in [0.1, 0.15) is 59.8 Å². The Morgan fingerprint density at radius 1 is 0.839 bits per heavy atom. The molecule has 2 aromatic rings. The van der Waals surface area contributed by atoms with Gasteiger partial charge in [-0.05, 0) is 64.8 Å². The van der Waals surface area contributed by atoms with Gasteiger partial charge in [0.05, 0.1) is 22.7 Å². The molecular weight excluding hydrogens is 420 g/mol. The highest BCUT2D eigenvalue weighted by Crippen LogP contribution is 2.66. The molecule has 0 aromatic heterocycles. The summed E-state index contributed by atoms with van der Waals surface area (Å²) in [4.78, 5) is 0. The van der Waals surface area contributed by atoms with Gasteiger partial charge in [0.25, 0.3) is 0 Å². The second-order valence-electron chi connectivity index (χ2n) is 9.70. The Balaban J connectivity index is 1.97. The van der Waals surface area contributed by atoms with Gasteiger partial charge in [0, 0.05) is 0 Å². The molecule has 2 aromatic carbocycles.